The van der Waals surface area contributed by atoms with Crippen LogP contribution in [0.5, 0.6) is 0 Å². The largest absolute Gasteiger partial charge is 0.324 e. The normalized spacial score (nSPS) is 14.5. The van der Waals surface area contributed by atoms with Gasteiger partial charge in [-0.1, -0.05) is 29.8 Å². The molecule has 1 amide bonds. The molecule has 0 radical (unpaired) electrons. The third-order valence-electron chi connectivity index (χ3n) is 6.23. The Balaban J connectivity index is 1.79. The van der Waals surface area contributed by atoms with Crippen molar-refractivity contribution in [1.82, 2.24) is 14.5 Å². The topological polar surface area (TPSA) is 67.2 Å². The van der Waals surface area contributed by atoms with Gasteiger partial charge in [0.1, 0.15) is 16.7 Å². The smallest absolute Gasteiger partial charge is 0.263 e. The van der Waals surface area contributed by atoms with Gasteiger partial charge in [-0.25, -0.2) is 4.98 Å². The molecule has 0 bridgehead atoms. The minimum atomic E-state index is -0.673. The number of fused-ring (bicyclic) bond motifs is 3. The van der Waals surface area contributed by atoms with Gasteiger partial charge in [0.15, 0.2) is 0 Å². The molecule has 32 heavy (non-hydrogen) atoms. The number of nitrogens with one attached hydrogen (secondary N) is 1. The Kier molecular flexibility index (Phi) is 7.12. The van der Waals surface area contributed by atoms with E-state index in [1.165, 1.54) is 4.88 Å². The number of nitrogens with zero attached hydrogens (tertiary/aromatic N) is 3. The highest BCUT2D eigenvalue weighted by Crippen LogP contribution is 2.34. The first-order valence-corrected chi connectivity index (χ1v) is 12.9. The summed E-state index contributed by atoms with van der Waals surface area (Å²) < 4.78 is 2.56. The van der Waals surface area contributed by atoms with Crippen molar-refractivity contribution in [1.29, 1.82) is 0 Å². The Morgan fingerprint density at radius 3 is 2.59 bits per heavy atom. The van der Waals surface area contributed by atoms with Gasteiger partial charge in [-0.15, -0.1) is 11.3 Å². The molecule has 1 N–H and O–H groups in total. The molecule has 1 unspecified atom stereocenters. The molecule has 170 valence electrons. The zero-order chi connectivity index (χ0) is 22.8. The number of amides is 1. The van der Waals surface area contributed by atoms with Crippen molar-refractivity contribution >= 4 is 49.1 Å². The second-order valence-corrected chi connectivity index (χ2v) is 10.2. The summed E-state index contributed by atoms with van der Waals surface area (Å²) in [6, 6.07) is 6.76. The summed E-state index contributed by atoms with van der Waals surface area (Å²) in [4.78, 5) is 36.3. The summed E-state index contributed by atoms with van der Waals surface area (Å²) in [5.74, 6) is 0.434. The van der Waals surface area contributed by atoms with E-state index in [1.807, 2.05) is 24.3 Å². The third-order valence-corrected chi connectivity index (χ3v) is 7.95. The number of halogens is 1. The van der Waals surface area contributed by atoms with Crippen LogP contribution in [0.3, 0.4) is 0 Å². The summed E-state index contributed by atoms with van der Waals surface area (Å²) in [6.07, 6.45) is 4.19. The van der Waals surface area contributed by atoms with E-state index in [9.17, 15) is 9.59 Å². The van der Waals surface area contributed by atoms with Crippen molar-refractivity contribution in [3.63, 3.8) is 0 Å². The van der Waals surface area contributed by atoms with Crippen LogP contribution in [0.15, 0.2) is 33.5 Å². The molecule has 2 aromatic heterocycles. The zero-order valence-electron chi connectivity index (χ0n) is 18.8. The Hall–Kier alpha value is -2.03. The number of thiophene rings is 1. The summed E-state index contributed by atoms with van der Waals surface area (Å²) in [5.41, 5.74) is 1.76. The summed E-state index contributed by atoms with van der Waals surface area (Å²) in [5, 5.41) is 3.67. The summed E-state index contributed by atoms with van der Waals surface area (Å²) in [7, 11) is 0. The standard InChI is InChI=1S/C24H29BrN4O2S/c1-4-28(5-2)14-20-27-23-21(18-8-6-7-9-19(18)32-23)24(31)29(20)15(3)22(30)26-17-12-10-16(25)11-13-17/h10-13,15H,4-9,14H2,1-3H3,(H,26,30). The molecule has 0 saturated carbocycles. The average molecular weight is 517 g/mol. The van der Waals surface area contributed by atoms with Gasteiger partial charge in [-0.2, -0.15) is 0 Å². The van der Waals surface area contributed by atoms with Crippen LogP contribution in [0.25, 0.3) is 10.2 Å². The Labute approximate surface area is 200 Å². The van der Waals surface area contributed by atoms with Crippen LogP contribution in [-0.4, -0.2) is 33.4 Å². The first-order chi connectivity index (χ1) is 15.4. The third kappa shape index (κ3) is 4.54. The zero-order valence-corrected chi connectivity index (χ0v) is 21.2. The molecule has 2 heterocycles. The molecular weight excluding hydrogens is 488 g/mol. The minimum absolute atomic E-state index is 0.0880. The summed E-state index contributed by atoms with van der Waals surface area (Å²) >= 11 is 5.07. The van der Waals surface area contributed by atoms with Gasteiger partial charge >= 0.3 is 0 Å². The molecular formula is C24H29BrN4O2S. The molecule has 1 atom stereocenters. The van der Waals surface area contributed by atoms with Gasteiger partial charge in [0, 0.05) is 15.0 Å². The maximum absolute atomic E-state index is 13.8. The van der Waals surface area contributed by atoms with Crippen LogP contribution in [0.4, 0.5) is 5.69 Å². The predicted octanol–water partition coefficient (Wildman–Crippen LogP) is 5.14. The Morgan fingerprint density at radius 2 is 1.91 bits per heavy atom. The van der Waals surface area contributed by atoms with E-state index in [4.69, 9.17) is 4.98 Å². The second kappa shape index (κ2) is 9.85. The van der Waals surface area contributed by atoms with E-state index in [0.29, 0.717) is 18.1 Å². The highest BCUT2D eigenvalue weighted by Gasteiger charge is 2.27. The molecule has 0 saturated heterocycles. The molecule has 6 nitrogen and oxygen atoms in total. The van der Waals surface area contributed by atoms with E-state index < -0.39 is 6.04 Å². The van der Waals surface area contributed by atoms with Crippen molar-refractivity contribution < 1.29 is 4.79 Å². The first-order valence-electron chi connectivity index (χ1n) is 11.3. The predicted molar refractivity (Wildman–Crippen MR) is 135 cm³/mol. The first kappa shape index (κ1) is 23.1. The molecule has 0 fully saturated rings. The number of carbonyl (C=O) groups is 1. The number of hydrogen-bond donors (Lipinski definition) is 1. The molecule has 3 aromatic rings. The molecule has 0 spiro atoms. The van der Waals surface area contributed by atoms with E-state index in [0.717, 1.165) is 59.0 Å². The Bertz CT molecular complexity index is 1180. The molecule has 1 aromatic carbocycles. The maximum Gasteiger partial charge on any atom is 0.263 e. The van der Waals surface area contributed by atoms with Crippen molar-refractivity contribution in [3.8, 4) is 0 Å². The number of aryl methyl sites for hydroxylation is 2. The summed E-state index contributed by atoms with van der Waals surface area (Å²) in [6.45, 7) is 8.22. The highest BCUT2D eigenvalue weighted by molar-refractivity contribution is 9.10. The molecule has 8 heteroatoms. The van der Waals surface area contributed by atoms with Gasteiger partial charge in [-0.05, 0) is 75.5 Å². The fraction of sp³-hybridized carbons (Fsp3) is 0.458. The quantitative estimate of drug-likeness (QED) is 0.471. The number of aromatic nitrogens is 2. The van der Waals surface area contributed by atoms with Crippen molar-refractivity contribution in [2.75, 3.05) is 18.4 Å². The van der Waals surface area contributed by atoms with Gasteiger partial charge < -0.3 is 5.32 Å². The highest BCUT2D eigenvalue weighted by atomic mass is 79.9. The number of carbonyl (C=O) groups excluding carboxylic acids is 1. The van der Waals surface area contributed by atoms with Crippen LogP contribution in [0.2, 0.25) is 0 Å². The minimum Gasteiger partial charge on any atom is -0.324 e. The lowest BCUT2D eigenvalue weighted by atomic mass is 9.97. The van der Waals surface area contributed by atoms with E-state index in [1.54, 1.807) is 22.8 Å². The van der Waals surface area contributed by atoms with Crippen LogP contribution < -0.4 is 10.9 Å². The lowest BCUT2D eigenvalue weighted by molar-refractivity contribution is -0.119. The Morgan fingerprint density at radius 1 is 1.22 bits per heavy atom. The average Bonchev–Trinajstić information content (AvgIpc) is 3.17. The van der Waals surface area contributed by atoms with Crippen molar-refractivity contribution in [3.05, 3.63) is 55.4 Å². The monoisotopic (exact) mass is 516 g/mol. The fourth-order valence-corrected chi connectivity index (χ4v) is 5.85. The number of benzene rings is 1. The maximum atomic E-state index is 13.8. The molecule has 1 aliphatic carbocycles. The van der Waals surface area contributed by atoms with Crippen LogP contribution in [-0.2, 0) is 24.2 Å². The molecule has 1 aliphatic rings. The van der Waals surface area contributed by atoms with Gasteiger partial charge in [0.25, 0.3) is 5.56 Å². The lowest BCUT2D eigenvalue weighted by Crippen LogP contribution is -2.37. The van der Waals surface area contributed by atoms with Crippen molar-refractivity contribution in [2.24, 2.45) is 0 Å². The van der Waals surface area contributed by atoms with E-state index in [-0.39, 0.29) is 11.5 Å². The number of anilines is 1. The van der Waals surface area contributed by atoms with Gasteiger partial charge in [0.05, 0.1) is 11.9 Å². The fourth-order valence-electron chi connectivity index (χ4n) is 4.31. The van der Waals surface area contributed by atoms with Crippen LogP contribution >= 0.6 is 27.3 Å². The molecule has 0 aliphatic heterocycles. The molecule has 4 rings (SSSR count). The van der Waals surface area contributed by atoms with Crippen LogP contribution in [0, 0.1) is 0 Å². The van der Waals surface area contributed by atoms with Crippen LogP contribution in [0.1, 0.15) is 55.9 Å². The number of rotatable bonds is 7. The second-order valence-electron chi connectivity index (χ2n) is 8.23. The van der Waals surface area contributed by atoms with Gasteiger partial charge in [0.2, 0.25) is 5.91 Å². The van der Waals surface area contributed by atoms with E-state index in [2.05, 4.69) is 40.0 Å². The lowest BCUT2D eigenvalue weighted by Gasteiger charge is -2.23. The number of hydrogen-bond acceptors (Lipinski definition) is 5. The SMILES string of the molecule is CCN(CC)Cc1nc2sc3c(c2c(=O)n1C(C)C(=O)Nc1ccc(Br)cc1)CCCC3. The van der Waals surface area contributed by atoms with Gasteiger partial charge in [-0.3, -0.25) is 19.1 Å². The van der Waals surface area contributed by atoms with E-state index >= 15 is 0 Å². The van der Waals surface area contributed by atoms with Crippen molar-refractivity contribution in [2.45, 2.75) is 59.0 Å².